The topological polar surface area (TPSA) is 81.9 Å². The van der Waals surface area contributed by atoms with Crippen LogP contribution in [0.2, 0.25) is 5.02 Å². The fraction of sp³-hybridized carbons (Fsp3) is 0.343. The van der Waals surface area contributed by atoms with Gasteiger partial charge in [0.1, 0.15) is 6.61 Å². The number of rotatable bonds is 5. The number of fused-ring (bicyclic) bond motifs is 5. The molecular formula is C35H32BrClN2O5. The van der Waals surface area contributed by atoms with Gasteiger partial charge in [0.25, 0.3) is 5.88 Å². The Morgan fingerprint density at radius 3 is 2.59 bits per heavy atom. The number of methoxy groups -OCH3 is 1. The number of aromatic nitrogens is 1. The van der Waals surface area contributed by atoms with E-state index in [0.29, 0.717) is 40.3 Å². The summed E-state index contributed by atoms with van der Waals surface area (Å²) in [5, 5.41) is 6.67. The average molecular weight is 676 g/mol. The number of ether oxygens (including phenoxy) is 2. The molecular weight excluding hydrogens is 644 g/mol. The molecule has 9 heteroatoms. The molecule has 4 aromatic rings. The van der Waals surface area contributed by atoms with Crippen LogP contribution in [0.25, 0.3) is 16.3 Å². The number of aryl methyl sites for hydroxylation is 1. The zero-order valence-electron chi connectivity index (χ0n) is 24.9. The van der Waals surface area contributed by atoms with Gasteiger partial charge in [-0.2, -0.15) is 0 Å². The van der Waals surface area contributed by atoms with Crippen LogP contribution in [0, 0.1) is 24.7 Å². The van der Waals surface area contributed by atoms with Gasteiger partial charge in [-0.05, 0) is 79.1 Å². The highest BCUT2D eigenvalue weighted by atomic mass is 79.9. The predicted octanol–water partition coefficient (Wildman–Crippen LogP) is 7.41. The van der Waals surface area contributed by atoms with E-state index in [2.05, 4.69) is 27.7 Å². The molecule has 3 aromatic carbocycles. The van der Waals surface area contributed by atoms with Crippen molar-refractivity contribution in [3.63, 3.8) is 0 Å². The summed E-state index contributed by atoms with van der Waals surface area (Å²) < 4.78 is 19.3. The van der Waals surface area contributed by atoms with E-state index < -0.39 is 11.5 Å². The van der Waals surface area contributed by atoms with Gasteiger partial charge in [0.2, 0.25) is 0 Å². The lowest BCUT2D eigenvalue weighted by Crippen LogP contribution is -2.63. The van der Waals surface area contributed by atoms with Gasteiger partial charge in [-0.1, -0.05) is 70.5 Å². The molecule has 0 spiro atoms. The second kappa shape index (κ2) is 10.7. The lowest BCUT2D eigenvalue weighted by Gasteiger charge is -2.54. The van der Waals surface area contributed by atoms with Crippen LogP contribution in [-0.2, 0) is 22.6 Å². The minimum Gasteiger partial charge on any atom is -0.470 e. The molecule has 0 bridgehead atoms. The van der Waals surface area contributed by atoms with E-state index in [9.17, 15) is 9.59 Å². The third-order valence-electron chi connectivity index (χ3n) is 9.94. The van der Waals surface area contributed by atoms with Crippen LogP contribution in [0.3, 0.4) is 0 Å². The van der Waals surface area contributed by atoms with Crippen molar-refractivity contribution in [1.29, 1.82) is 0 Å². The van der Waals surface area contributed by atoms with E-state index in [1.807, 2.05) is 74.4 Å². The molecule has 1 aromatic heterocycles. The van der Waals surface area contributed by atoms with Gasteiger partial charge >= 0.3 is 0 Å². The average Bonchev–Trinajstić information content (AvgIpc) is 3.42. The Hall–Kier alpha value is -3.30. The second-order valence-electron chi connectivity index (χ2n) is 12.3. The summed E-state index contributed by atoms with van der Waals surface area (Å²) in [6, 6.07) is 15.3. The smallest absolute Gasteiger partial charge is 0.262 e. The highest BCUT2D eigenvalue weighted by Gasteiger charge is 2.66. The Kier molecular flexibility index (Phi) is 7.12. The Labute approximate surface area is 269 Å². The lowest BCUT2D eigenvalue weighted by atomic mass is 9.53. The van der Waals surface area contributed by atoms with E-state index >= 15 is 0 Å². The van der Waals surface area contributed by atoms with Gasteiger partial charge in [0.05, 0.1) is 22.5 Å². The number of carbonyl (C=O) groups excluding carboxylic acids is 2. The quantitative estimate of drug-likeness (QED) is 0.204. The summed E-state index contributed by atoms with van der Waals surface area (Å²) in [4.78, 5) is 31.4. The standard InChI is InChI=1S/C35H32BrClN2O5/c1-17-23-15-21(36)11-12-22(23)29(37)24-13-20-14-25-30(39(3)4)32-27(34(38-44-32)43-16-19-9-7-6-8-10-19)18(2)35(25,42-5)33(41)28(20)31(40)26(17)24/h6-12,15,20,25,28,30H,2,13-14,16H2,1,3-5H3. The Bertz CT molecular complexity index is 1870. The zero-order chi connectivity index (χ0) is 31.1. The number of halogens is 2. The van der Waals surface area contributed by atoms with Crippen molar-refractivity contribution in [3.8, 4) is 5.88 Å². The highest BCUT2D eigenvalue weighted by Crippen LogP contribution is 2.60. The minimum absolute atomic E-state index is 0.205. The molecule has 5 unspecified atom stereocenters. The van der Waals surface area contributed by atoms with E-state index in [1.165, 1.54) is 7.11 Å². The molecule has 0 N–H and O–H groups in total. The maximum absolute atomic E-state index is 14.9. The molecule has 7 rings (SSSR count). The van der Waals surface area contributed by atoms with Crippen molar-refractivity contribution in [2.24, 2.45) is 17.8 Å². The monoisotopic (exact) mass is 674 g/mol. The van der Waals surface area contributed by atoms with E-state index in [0.717, 1.165) is 31.9 Å². The first-order chi connectivity index (χ1) is 21.1. The highest BCUT2D eigenvalue weighted by molar-refractivity contribution is 9.10. The van der Waals surface area contributed by atoms with Crippen LogP contribution >= 0.6 is 27.5 Å². The van der Waals surface area contributed by atoms with Crippen molar-refractivity contribution < 1.29 is 23.6 Å². The molecule has 5 atom stereocenters. The van der Waals surface area contributed by atoms with Gasteiger partial charge in [0.15, 0.2) is 22.9 Å². The Balaban J connectivity index is 1.35. The molecule has 0 saturated heterocycles. The molecule has 0 aliphatic heterocycles. The van der Waals surface area contributed by atoms with Crippen LogP contribution in [0.5, 0.6) is 5.88 Å². The maximum atomic E-state index is 14.9. The SMILES string of the molecule is C=C1c2c(OCc3ccccc3)noc2C(N(C)C)C2CC3Cc4c(c(C)c5cc(Br)ccc5c4Cl)C(=O)C3C(=O)C12OC. The van der Waals surface area contributed by atoms with Crippen molar-refractivity contribution >= 4 is 55.4 Å². The summed E-state index contributed by atoms with van der Waals surface area (Å²) in [6.07, 6.45) is 1.05. The van der Waals surface area contributed by atoms with Crippen LogP contribution in [0.1, 0.15) is 50.8 Å². The number of hydrogen-bond donors (Lipinski definition) is 0. The van der Waals surface area contributed by atoms with Crippen molar-refractivity contribution in [2.75, 3.05) is 21.2 Å². The molecule has 7 nitrogen and oxygen atoms in total. The number of carbonyl (C=O) groups is 2. The fourth-order valence-corrected chi connectivity index (χ4v) is 8.74. The molecule has 1 fully saturated rings. The van der Waals surface area contributed by atoms with Gasteiger partial charge < -0.3 is 14.0 Å². The summed E-state index contributed by atoms with van der Waals surface area (Å²) in [6.45, 7) is 6.62. The summed E-state index contributed by atoms with van der Waals surface area (Å²) in [5.74, 6) is -1.17. The molecule has 226 valence electrons. The van der Waals surface area contributed by atoms with Crippen molar-refractivity contribution in [1.82, 2.24) is 10.1 Å². The summed E-state index contributed by atoms with van der Waals surface area (Å²) >= 11 is 10.6. The minimum atomic E-state index is -1.47. The molecule has 1 saturated carbocycles. The summed E-state index contributed by atoms with van der Waals surface area (Å²) in [7, 11) is 5.41. The Morgan fingerprint density at radius 1 is 1.14 bits per heavy atom. The third kappa shape index (κ3) is 4.04. The maximum Gasteiger partial charge on any atom is 0.262 e. The van der Waals surface area contributed by atoms with Gasteiger partial charge in [0, 0.05) is 34.0 Å². The van der Waals surface area contributed by atoms with Gasteiger partial charge in [-0.25, -0.2) is 0 Å². The van der Waals surface area contributed by atoms with Crippen molar-refractivity contribution in [3.05, 3.63) is 98.2 Å². The van der Waals surface area contributed by atoms with Gasteiger partial charge in [-0.3, -0.25) is 14.5 Å². The number of nitrogens with zero attached hydrogens (tertiary/aromatic N) is 2. The third-order valence-corrected chi connectivity index (χ3v) is 10.9. The fourth-order valence-electron chi connectivity index (χ4n) is 8.04. The van der Waals surface area contributed by atoms with Crippen LogP contribution in [0.4, 0.5) is 0 Å². The molecule has 3 aliphatic rings. The summed E-state index contributed by atoms with van der Waals surface area (Å²) in [5.41, 5.74) is 2.64. The van der Waals surface area contributed by atoms with Crippen LogP contribution in [0.15, 0.2) is 64.1 Å². The van der Waals surface area contributed by atoms with Crippen LogP contribution < -0.4 is 4.74 Å². The normalized spacial score (nSPS) is 25.9. The molecule has 0 radical (unpaired) electrons. The number of Topliss-reactive ketones (excluding diaryl/α,β-unsaturated/α-hetero) is 2. The van der Waals surface area contributed by atoms with E-state index in [1.54, 1.807) is 0 Å². The van der Waals surface area contributed by atoms with Gasteiger partial charge in [-0.15, -0.1) is 0 Å². The Morgan fingerprint density at radius 2 is 1.89 bits per heavy atom. The largest absolute Gasteiger partial charge is 0.470 e. The number of hydrogen-bond acceptors (Lipinski definition) is 7. The van der Waals surface area contributed by atoms with E-state index in [-0.39, 0.29) is 41.9 Å². The van der Waals surface area contributed by atoms with Crippen LogP contribution in [-0.4, -0.2) is 48.4 Å². The lowest BCUT2D eigenvalue weighted by molar-refractivity contribution is -0.157. The second-order valence-corrected chi connectivity index (χ2v) is 13.6. The first kappa shape index (κ1) is 29.4. The first-order valence-electron chi connectivity index (χ1n) is 14.7. The predicted molar refractivity (Wildman–Crippen MR) is 172 cm³/mol. The molecule has 1 heterocycles. The number of ketones is 2. The van der Waals surface area contributed by atoms with Crippen molar-refractivity contribution in [2.45, 2.75) is 38.0 Å². The molecule has 3 aliphatic carbocycles. The molecule has 0 amide bonds. The first-order valence-corrected chi connectivity index (χ1v) is 15.8. The molecule has 44 heavy (non-hydrogen) atoms. The van der Waals surface area contributed by atoms with E-state index in [4.69, 9.17) is 25.6 Å². The zero-order valence-corrected chi connectivity index (χ0v) is 27.3. The number of benzene rings is 3.